The summed E-state index contributed by atoms with van der Waals surface area (Å²) >= 11 is 0. The molecule has 3 aromatic rings. The van der Waals surface area contributed by atoms with Crippen LogP contribution in [0.25, 0.3) is 0 Å². The molecule has 0 saturated heterocycles. The Morgan fingerprint density at radius 2 is 1.62 bits per heavy atom. The summed E-state index contributed by atoms with van der Waals surface area (Å²) in [5, 5.41) is 6.43. The number of nitrogens with two attached hydrogens (primary N) is 1. The van der Waals surface area contributed by atoms with Gasteiger partial charge in [0.1, 0.15) is 12.0 Å². The second-order valence-electron chi connectivity index (χ2n) is 6.12. The van der Waals surface area contributed by atoms with Gasteiger partial charge in [-0.15, -0.1) is 0 Å². The summed E-state index contributed by atoms with van der Waals surface area (Å²) in [7, 11) is 0. The molecule has 0 aliphatic carbocycles. The Hall–Kier alpha value is -3.41. The smallest absolute Gasteiger partial charge is 0.159 e. The van der Waals surface area contributed by atoms with Crippen molar-refractivity contribution in [3.8, 4) is 0 Å². The molecule has 6 nitrogen and oxygen atoms in total. The highest BCUT2D eigenvalue weighted by atomic mass is 16.1. The van der Waals surface area contributed by atoms with Gasteiger partial charge >= 0.3 is 0 Å². The fourth-order valence-electron chi connectivity index (χ4n) is 2.53. The minimum Gasteiger partial charge on any atom is -0.393 e. The van der Waals surface area contributed by atoms with E-state index in [1.807, 2.05) is 31.2 Å². The number of aryl methyl sites for hydroxylation is 1. The average Bonchev–Trinajstić information content (AvgIpc) is 2.62. The molecule has 0 radical (unpaired) electrons. The van der Waals surface area contributed by atoms with E-state index in [0.717, 1.165) is 16.9 Å². The number of nitrogen functional groups attached to an aromatic ring is 1. The van der Waals surface area contributed by atoms with E-state index in [1.54, 1.807) is 12.1 Å². The molecular formula is C20H21N5O. The first-order valence-electron chi connectivity index (χ1n) is 8.27. The zero-order valence-corrected chi connectivity index (χ0v) is 15.0. The lowest BCUT2D eigenvalue weighted by Crippen LogP contribution is -2.06. The number of ketones is 1. The lowest BCUT2D eigenvalue weighted by molar-refractivity contribution is 0.101. The monoisotopic (exact) mass is 347 g/mol. The fraction of sp³-hybridized carbons (Fsp3) is 0.150. The van der Waals surface area contributed by atoms with E-state index in [-0.39, 0.29) is 5.78 Å². The average molecular weight is 347 g/mol. The Bertz CT molecular complexity index is 951. The zero-order chi connectivity index (χ0) is 18.7. The molecule has 26 heavy (non-hydrogen) atoms. The van der Waals surface area contributed by atoms with Crippen LogP contribution in [0.15, 0.2) is 48.8 Å². The number of anilines is 5. The Labute approximate surface area is 152 Å². The van der Waals surface area contributed by atoms with Crippen molar-refractivity contribution in [1.82, 2.24) is 9.97 Å². The number of hydrogen-bond acceptors (Lipinski definition) is 6. The summed E-state index contributed by atoms with van der Waals surface area (Å²) in [4.78, 5) is 19.8. The summed E-state index contributed by atoms with van der Waals surface area (Å²) in [5.41, 5.74) is 11.4. The number of Topliss-reactive ketones (excluding diaryl/α,β-unsaturated/α-hetero) is 1. The fourth-order valence-corrected chi connectivity index (χ4v) is 2.53. The predicted octanol–water partition coefficient (Wildman–Crippen LogP) is 4.37. The van der Waals surface area contributed by atoms with E-state index in [4.69, 9.17) is 5.73 Å². The van der Waals surface area contributed by atoms with Gasteiger partial charge in [0.15, 0.2) is 17.4 Å². The highest BCUT2D eigenvalue weighted by Crippen LogP contribution is 2.29. The third kappa shape index (κ3) is 3.64. The van der Waals surface area contributed by atoms with E-state index in [0.29, 0.717) is 22.9 Å². The molecule has 1 aromatic heterocycles. The number of nitrogens with zero attached hydrogens (tertiary/aromatic N) is 2. The molecule has 0 aliphatic rings. The van der Waals surface area contributed by atoms with Crippen LogP contribution in [0.5, 0.6) is 0 Å². The molecule has 0 bridgehead atoms. The van der Waals surface area contributed by atoms with Crippen LogP contribution in [0.2, 0.25) is 0 Å². The van der Waals surface area contributed by atoms with E-state index in [1.165, 1.54) is 18.8 Å². The molecule has 0 spiro atoms. The Morgan fingerprint density at radius 3 is 2.27 bits per heavy atom. The molecule has 0 amide bonds. The molecule has 6 heteroatoms. The summed E-state index contributed by atoms with van der Waals surface area (Å²) < 4.78 is 0. The quantitative estimate of drug-likeness (QED) is 0.594. The molecule has 4 N–H and O–H groups in total. The van der Waals surface area contributed by atoms with Gasteiger partial charge < -0.3 is 16.4 Å². The Kier molecular flexibility index (Phi) is 4.84. The van der Waals surface area contributed by atoms with Crippen LogP contribution in [-0.4, -0.2) is 15.8 Å². The highest BCUT2D eigenvalue weighted by molar-refractivity contribution is 5.94. The van der Waals surface area contributed by atoms with Gasteiger partial charge in [-0.1, -0.05) is 12.1 Å². The first kappa shape index (κ1) is 17.4. The van der Waals surface area contributed by atoms with Crippen LogP contribution in [0.3, 0.4) is 0 Å². The van der Waals surface area contributed by atoms with E-state index in [2.05, 4.69) is 33.6 Å². The Morgan fingerprint density at radius 1 is 0.962 bits per heavy atom. The molecule has 0 saturated carbocycles. The number of carbonyl (C=O) groups excluding carboxylic acids is 1. The van der Waals surface area contributed by atoms with Gasteiger partial charge in [-0.2, -0.15) is 0 Å². The van der Waals surface area contributed by atoms with Crippen molar-refractivity contribution in [1.29, 1.82) is 0 Å². The van der Waals surface area contributed by atoms with Crippen molar-refractivity contribution in [2.45, 2.75) is 20.8 Å². The van der Waals surface area contributed by atoms with Crippen LogP contribution in [0.4, 0.5) is 28.7 Å². The van der Waals surface area contributed by atoms with Crippen LogP contribution >= 0.6 is 0 Å². The minimum absolute atomic E-state index is 0.0260. The van der Waals surface area contributed by atoms with Crippen molar-refractivity contribution in [3.05, 3.63) is 65.5 Å². The molecule has 0 unspecified atom stereocenters. The highest BCUT2D eigenvalue weighted by Gasteiger charge is 2.10. The maximum atomic E-state index is 11.4. The number of carbonyl (C=O) groups is 1. The third-order valence-corrected chi connectivity index (χ3v) is 4.30. The second-order valence-corrected chi connectivity index (χ2v) is 6.12. The molecule has 0 aliphatic heterocycles. The van der Waals surface area contributed by atoms with Crippen LogP contribution in [0, 0.1) is 13.8 Å². The van der Waals surface area contributed by atoms with Crippen molar-refractivity contribution in [3.63, 3.8) is 0 Å². The first-order chi connectivity index (χ1) is 12.5. The number of rotatable bonds is 5. The van der Waals surface area contributed by atoms with E-state index in [9.17, 15) is 4.79 Å². The van der Waals surface area contributed by atoms with Crippen molar-refractivity contribution < 1.29 is 4.79 Å². The molecule has 1 heterocycles. The van der Waals surface area contributed by atoms with Gasteiger partial charge in [0.05, 0.1) is 0 Å². The number of nitrogens with one attached hydrogen (secondary N) is 2. The molecular weight excluding hydrogens is 326 g/mol. The topological polar surface area (TPSA) is 92.9 Å². The van der Waals surface area contributed by atoms with E-state index < -0.39 is 0 Å². The number of benzene rings is 2. The van der Waals surface area contributed by atoms with Crippen molar-refractivity contribution in [2.75, 3.05) is 16.4 Å². The minimum atomic E-state index is 0.0260. The zero-order valence-electron chi connectivity index (χ0n) is 15.0. The molecule has 132 valence electrons. The van der Waals surface area contributed by atoms with Crippen LogP contribution in [0.1, 0.15) is 28.4 Å². The van der Waals surface area contributed by atoms with E-state index >= 15 is 0 Å². The van der Waals surface area contributed by atoms with Gasteiger partial charge in [0, 0.05) is 16.9 Å². The third-order valence-electron chi connectivity index (χ3n) is 4.30. The Balaban J connectivity index is 1.85. The van der Waals surface area contributed by atoms with Gasteiger partial charge in [-0.3, -0.25) is 4.79 Å². The molecule has 3 rings (SSSR count). The molecule has 2 aromatic carbocycles. The standard InChI is InChI=1S/C20H21N5O/c1-12-5-4-6-17(13(12)2)25-20-18(21)19(22-11-23-20)24-16-9-7-15(8-10-16)14(3)26/h4-11H,21H2,1-3H3,(H2,22,23,24,25). The maximum Gasteiger partial charge on any atom is 0.159 e. The summed E-state index contributed by atoms with van der Waals surface area (Å²) in [6.07, 6.45) is 1.45. The van der Waals surface area contributed by atoms with Gasteiger partial charge in [0.2, 0.25) is 0 Å². The van der Waals surface area contributed by atoms with Crippen LogP contribution in [-0.2, 0) is 0 Å². The first-order valence-corrected chi connectivity index (χ1v) is 8.27. The molecule has 0 fully saturated rings. The van der Waals surface area contributed by atoms with Crippen molar-refractivity contribution in [2.24, 2.45) is 0 Å². The van der Waals surface area contributed by atoms with Crippen molar-refractivity contribution >= 4 is 34.5 Å². The predicted molar refractivity (Wildman–Crippen MR) is 105 cm³/mol. The normalized spacial score (nSPS) is 10.4. The van der Waals surface area contributed by atoms with Crippen LogP contribution < -0.4 is 16.4 Å². The molecule has 0 atom stereocenters. The number of hydrogen-bond donors (Lipinski definition) is 3. The SMILES string of the molecule is CC(=O)c1ccc(Nc2ncnc(Nc3cccc(C)c3C)c2N)cc1. The van der Waals surface area contributed by atoms with Gasteiger partial charge in [0.25, 0.3) is 0 Å². The summed E-state index contributed by atoms with van der Waals surface area (Å²) in [6.45, 7) is 5.64. The van der Waals surface area contributed by atoms with Gasteiger partial charge in [-0.25, -0.2) is 9.97 Å². The number of aromatic nitrogens is 2. The maximum absolute atomic E-state index is 11.4. The summed E-state index contributed by atoms with van der Waals surface area (Å²) in [6, 6.07) is 13.2. The summed E-state index contributed by atoms with van der Waals surface area (Å²) in [5.74, 6) is 1.07. The van der Waals surface area contributed by atoms with Gasteiger partial charge in [-0.05, 0) is 62.2 Å². The lowest BCUT2D eigenvalue weighted by atomic mass is 10.1. The lowest BCUT2D eigenvalue weighted by Gasteiger charge is -2.14. The largest absolute Gasteiger partial charge is 0.393 e. The second kappa shape index (κ2) is 7.23.